The number of carbonyl (C=O) groups excluding carboxylic acids is 2. The van der Waals surface area contributed by atoms with Gasteiger partial charge in [0, 0.05) is 12.1 Å². The number of nitrogens with zero attached hydrogens (tertiary/aromatic N) is 1. The molecule has 0 aliphatic carbocycles. The van der Waals surface area contributed by atoms with Crippen molar-refractivity contribution in [3.63, 3.8) is 0 Å². The second-order valence-electron chi connectivity index (χ2n) is 10.9. The SMILES string of the molecule is C/C(=C\c1ccccn1)C1NC(=O)CC(O)C(C)(C)C(=O)C(C)C(O)C(C)CCCC(C)(C)O1. The molecule has 1 saturated heterocycles. The highest BCUT2D eigenvalue weighted by atomic mass is 16.5. The smallest absolute Gasteiger partial charge is 0.224 e. The molecule has 2 heterocycles. The van der Waals surface area contributed by atoms with Crippen molar-refractivity contribution in [2.24, 2.45) is 17.3 Å². The van der Waals surface area contributed by atoms with Crippen LogP contribution in [0.15, 0.2) is 30.0 Å². The van der Waals surface area contributed by atoms with Crippen LogP contribution in [0.3, 0.4) is 0 Å². The summed E-state index contributed by atoms with van der Waals surface area (Å²) < 4.78 is 6.37. The molecule has 0 bridgehead atoms. The Hall–Kier alpha value is -2.09. The molecular formula is C27H42N2O5. The summed E-state index contributed by atoms with van der Waals surface area (Å²) in [6, 6.07) is 5.59. The largest absolute Gasteiger partial charge is 0.392 e. The lowest BCUT2D eigenvalue weighted by atomic mass is 9.73. The van der Waals surface area contributed by atoms with Gasteiger partial charge in [0.1, 0.15) is 5.78 Å². The Balaban J connectivity index is 2.37. The lowest BCUT2D eigenvalue weighted by molar-refractivity contribution is -0.143. The third-order valence-electron chi connectivity index (χ3n) is 7.00. The Bertz CT molecular complexity index is 865. The predicted molar refractivity (Wildman–Crippen MR) is 133 cm³/mol. The standard InChI is InChI=1S/C27H42N2O5/c1-17-11-10-13-26(4,5)34-25(18(2)15-20-12-8-9-14-28-20)29-22(31)16-21(30)27(6,7)24(33)19(3)23(17)32/h8-9,12,14-15,17,19,21,23,25,30,32H,10-11,13,16H2,1-7H3,(H,29,31)/b18-15+. The van der Waals surface area contributed by atoms with E-state index in [9.17, 15) is 19.8 Å². The molecule has 1 aromatic heterocycles. The molecule has 1 aromatic rings. The van der Waals surface area contributed by atoms with Crippen molar-refractivity contribution in [1.82, 2.24) is 10.3 Å². The van der Waals surface area contributed by atoms with Crippen LogP contribution in [-0.2, 0) is 14.3 Å². The number of hydrogen-bond acceptors (Lipinski definition) is 6. The summed E-state index contributed by atoms with van der Waals surface area (Å²) in [6.07, 6.45) is 2.79. The first-order valence-corrected chi connectivity index (χ1v) is 12.2. The number of aromatic nitrogens is 1. The number of pyridine rings is 1. The lowest BCUT2D eigenvalue weighted by Gasteiger charge is -2.34. The monoisotopic (exact) mass is 474 g/mol. The Labute approximate surface area is 204 Å². The van der Waals surface area contributed by atoms with Gasteiger partial charge in [-0.25, -0.2) is 0 Å². The van der Waals surface area contributed by atoms with Gasteiger partial charge in [-0.05, 0) is 63.3 Å². The van der Waals surface area contributed by atoms with Crippen LogP contribution in [0.1, 0.15) is 79.8 Å². The molecule has 5 atom stereocenters. The van der Waals surface area contributed by atoms with Crippen molar-refractivity contribution >= 4 is 17.8 Å². The number of nitrogens with one attached hydrogen (secondary N) is 1. The highest BCUT2D eigenvalue weighted by Crippen LogP contribution is 2.33. The number of ether oxygens (including phenoxy) is 1. The highest BCUT2D eigenvalue weighted by molar-refractivity contribution is 5.88. The molecule has 1 aliphatic heterocycles. The molecule has 1 amide bonds. The molecule has 1 fully saturated rings. The minimum Gasteiger partial charge on any atom is -0.392 e. The molecule has 2 rings (SSSR count). The molecule has 7 heteroatoms. The molecule has 34 heavy (non-hydrogen) atoms. The maximum atomic E-state index is 13.2. The third kappa shape index (κ3) is 7.45. The topological polar surface area (TPSA) is 109 Å². The summed E-state index contributed by atoms with van der Waals surface area (Å²) in [7, 11) is 0. The van der Waals surface area contributed by atoms with E-state index < -0.39 is 41.3 Å². The number of amides is 1. The van der Waals surface area contributed by atoms with Gasteiger partial charge in [-0.15, -0.1) is 0 Å². The van der Waals surface area contributed by atoms with Gasteiger partial charge in [-0.1, -0.05) is 40.2 Å². The van der Waals surface area contributed by atoms with Gasteiger partial charge in [0.15, 0.2) is 6.23 Å². The molecule has 1 aliphatic rings. The van der Waals surface area contributed by atoms with Crippen molar-refractivity contribution in [3.05, 3.63) is 35.7 Å². The number of Topliss-reactive ketones (excluding diaryl/α,β-unsaturated/α-hetero) is 1. The van der Waals surface area contributed by atoms with Crippen molar-refractivity contribution in [3.8, 4) is 0 Å². The summed E-state index contributed by atoms with van der Waals surface area (Å²) in [5.41, 5.74) is -0.227. The average Bonchev–Trinajstić information content (AvgIpc) is 2.76. The molecule has 0 spiro atoms. The summed E-state index contributed by atoms with van der Waals surface area (Å²) in [4.78, 5) is 30.4. The van der Waals surface area contributed by atoms with Crippen molar-refractivity contribution in [2.45, 2.75) is 98.2 Å². The molecule has 7 nitrogen and oxygen atoms in total. The van der Waals surface area contributed by atoms with Crippen LogP contribution in [0.2, 0.25) is 0 Å². The van der Waals surface area contributed by atoms with Gasteiger partial charge in [-0.2, -0.15) is 0 Å². The van der Waals surface area contributed by atoms with Crippen LogP contribution >= 0.6 is 0 Å². The van der Waals surface area contributed by atoms with E-state index in [4.69, 9.17) is 4.74 Å². The van der Waals surface area contributed by atoms with Crippen LogP contribution in [0, 0.1) is 17.3 Å². The fraction of sp³-hybridized carbons (Fsp3) is 0.667. The number of rotatable bonds is 2. The second-order valence-corrected chi connectivity index (χ2v) is 10.9. The zero-order valence-electron chi connectivity index (χ0n) is 21.7. The summed E-state index contributed by atoms with van der Waals surface area (Å²) >= 11 is 0. The van der Waals surface area contributed by atoms with Gasteiger partial charge in [0.05, 0.1) is 35.3 Å². The first kappa shape index (κ1) is 28.1. The van der Waals surface area contributed by atoms with Crippen LogP contribution in [0.5, 0.6) is 0 Å². The maximum Gasteiger partial charge on any atom is 0.224 e. The van der Waals surface area contributed by atoms with Gasteiger partial charge in [0.2, 0.25) is 5.91 Å². The van der Waals surface area contributed by atoms with Crippen molar-refractivity contribution < 1.29 is 24.5 Å². The lowest BCUT2D eigenvalue weighted by Crippen LogP contribution is -2.48. The average molecular weight is 475 g/mol. The van der Waals surface area contributed by atoms with Gasteiger partial charge in [0.25, 0.3) is 0 Å². The van der Waals surface area contributed by atoms with Crippen molar-refractivity contribution in [1.29, 1.82) is 0 Å². The second kappa shape index (κ2) is 11.6. The van der Waals surface area contributed by atoms with E-state index in [1.54, 1.807) is 27.0 Å². The minimum absolute atomic E-state index is 0.0887. The van der Waals surface area contributed by atoms with Gasteiger partial charge >= 0.3 is 0 Å². The predicted octanol–water partition coefficient (Wildman–Crippen LogP) is 3.89. The third-order valence-corrected chi connectivity index (χ3v) is 7.00. The van der Waals surface area contributed by atoms with Crippen LogP contribution in [-0.4, -0.2) is 50.9 Å². The van der Waals surface area contributed by atoms with Crippen molar-refractivity contribution in [2.75, 3.05) is 0 Å². The first-order chi connectivity index (χ1) is 15.7. The Morgan fingerprint density at radius 1 is 1.18 bits per heavy atom. The number of carbonyl (C=O) groups is 2. The first-order valence-electron chi connectivity index (χ1n) is 12.2. The van der Waals surface area contributed by atoms with E-state index in [2.05, 4.69) is 10.3 Å². The molecule has 3 N–H and O–H groups in total. The van der Waals surface area contributed by atoms with E-state index >= 15 is 0 Å². The number of hydrogen-bond donors (Lipinski definition) is 3. The molecular weight excluding hydrogens is 432 g/mol. The van der Waals surface area contributed by atoms with Gasteiger partial charge in [-0.3, -0.25) is 14.6 Å². The van der Waals surface area contributed by atoms with Crippen LogP contribution in [0.25, 0.3) is 6.08 Å². The zero-order valence-corrected chi connectivity index (χ0v) is 21.7. The number of ketones is 1. The zero-order chi connectivity index (χ0) is 25.7. The minimum atomic E-state index is -1.20. The van der Waals surface area contributed by atoms with E-state index in [-0.39, 0.29) is 18.1 Å². The Kier molecular flexibility index (Phi) is 9.57. The molecule has 0 aromatic carbocycles. The number of aliphatic hydroxyl groups excluding tert-OH is 2. The summed E-state index contributed by atoms with van der Waals surface area (Å²) in [6.45, 7) is 12.7. The maximum absolute atomic E-state index is 13.2. The molecule has 0 saturated carbocycles. The quantitative estimate of drug-likeness (QED) is 0.600. The highest BCUT2D eigenvalue weighted by Gasteiger charge is 2.42. The molecule has 190 valence electrons. The fourth-order valence-corrected chi connectivity index (χ4v) is 4.44. The summed E-state index contributed by atoms with van der Waals surface area (Å²) in [5.74, 6) is -1.40. The molecule has 5 unspecified atom stereocenters. The van der Waals surface area contributed by atoms with E-state index in [0.717, 1.165) is 24.1 Å². The van der Waals surface area contributed by atoms with E-state index in [0.29, 0.717) is 6.42 Å². The van der Waals surface area contributed by atoms with Crippen LogP contribution < -0.4 is 5.32 Å². The van der Waals surface area contributed by atoms with E-state index in [1.165, 1.54) is 0 Å². The Morgan fingerprint density at radius 2 is 1.85 bits per heavy atom. The van der Waals surface area contributed by atoms with E-state index in [1.807, 2.05) is 52.0 Å². The molecule has 0 radical (unpaired) electrons. The van der Waals surface area contributed by atoms with Gasteiger partial charge < -0.3 is 20.3 Å². The number of aliphatic hydroxyl groups is 2. The normalized spacial score (nSPS) is 31.8. The Morgan fingerprint density at radius 3 is 2.47 bits per heavy atom. The fourth-order valence-electron chi connectivity index (χ4n) is 4.44. The summed E-state index contributed by atoms with van der Waals surface area (Å²) in [5, 5.41) is 24.6. The van der Waals surface area contributed by atoms with Crippen LogP contribution in [0.4, 0.5) is 0 Å².